The molecule has 4 rings (SSSR count). The van der Waals surface area contributed by atoms with Crippen LogP contribution in [0.1, 0.15) is 42.2 Å². The van der Waals surface area contributed by atoms with Crippen LogP contribution in [0.25, 0.3) is 11.3 Å². The molecule has 3 aromatic rings. The van der Waals surface area contributed by atoms with Crippen LogP contribution in [0.3, 0.4) is 0 Å². The Kier molecular flexibility index (Phi) is 6.60. The summed E-state index contributed by atoms with van der Waals surface area (Å²) in [5, 5.41) is 7.22. The van der Waals surface area contributed by atoms with E-state index in [0.717, 1.165) is 24.3 Å². The number of nitrogens with zero attached hydrogens (tertiary/aromatic N) is 2. The van der Waals surface area contributed by atoms with E-state index in [0.29, 0.717) is 12.3 Å². The zero-order chi connectivity index (χ0) is 20.8. The summed E-state index contributed by atoms with van der Waals surface area (Å²) in [6, 6.07) is 20.5. The number of amides is 1. The Bertz CT molecular complexity index is 944. The Balaban J connectivity index is 1.39. The number of aryl methyl sites for hydroxylation is 1. The molecule has 1 N–H and O–H groups in total. The number of aromatic nitrogens is 1. The van der Waals surface area contributed by atoms with Gasteiger partial charge in [0.25, 0.3) is 0 Å². The van der Waals surface area contributed by atoms with Crippen molar-refractivity contribution >= 4 is 5.91 Å². The van der Waals surface area contributed by atoms with Crippen LogP contribution < -0.4 is 5.32 Å². The molecule has 1 saturated heterocycles. The van der Waals surface area contributed by atoms with E-state index in [1.54, 1.807) is 0 Å². The first-order valence-corrected chi connectivity index (χ1v) is 10.8. The van der Waals surface area contributed by atoms with Gasteiger partial charge in [-0.3, -0.25) is 9.69 Å². The van der Waals surface area contributed by atoms with Gasteiger partial charge >= 0.3 is 0 Å². The molecule has 1 unspecified atom stereocenters. The van der Waals surface area contributed by atoms with Gasteiger partial charge in [0.1, 0.15) is 11.5 Å². The molecule has 1 aliphatic heterocycles. The number of piperidine rings is 1. The average molecular weight is 404 g/mol. The lowest BCUT2D eigenvalue weighted by Crippen LogP contribution is -2.41. The third-order valence-corrected chi connectivity index (χ3v) is 5.75. The first-order chi connectivity index (χ1) is 14.7. The standard InChI is InChI=1S/C25H29N3O2/c1-19-10-12-21(13-11-19)24(28-14-6-3-7-15-28)18-26-25(29)17-22-16-23(27-30-22)20-8-4-2-5-9-20/h2,4-5,8-13,16,24H,3,6-7,14-15,17-18H2,1H3,(H,26,29). The molecule has 0 aliphatic carbocycles. The molecule has 156 valence electrons. The number of hydrogen-bond donors (Lipinski definition) is 1. The lowest BCUT2D eigenvalue weighted by Gasteiger charge is -2.35. The fraction of sp³-hybridized carbons (Fsp3) is 0.360. The summed E-state index contributed by atoms with van der Waals surface area (Å²) in [6.07, 6.45) is 3.92. The van der Waals surface area contributed by atoms with E-state index < -0.39 is 0 Å². The van der Waals surface area contributed by atoms with Crippen molar-refractivity contribution < 1.29 is 9.32 Å². The predicted octanol–water partition coefficient (Wildman–Crippen LogP) is 4.54. The highest BCUT2D eigenvalue weighted by atomic mass is 16.5. The van der Waals surface area contributed by atoms with E-state index in [4.69, 9.17) is 4.52 Å². The SMILES string of the molecule is Cc1ccc(C(CNC(=O)Cc2cc(-c3ccccc3)no2)N2CCCCC2)cc1. The first-order valence-electron chi connectivity index (χ1n) is 10.8. The molecule has 1 atom stereocenters. The number of benzene rings is 2. The lowest BCUT2D eigenvalue weighted by molar-refractivity contribution is -0.121. The lowest BCUT2D eigenvalue weighted by atomic mass is 10.0. The van der Waals surface area contributed by atoms with Crippen molar-refractivity contribution in [1.29, 1.82) is 0 Å². The van der Waals surface area contributed by atoms with Gasteiger partial charge < -0.3 is 9.84 Å². The van der Waals surface area contributed by atoms with Crippen LogP contribution >= 0.6 is 0 Å². The molecule has 1 aromatic heterocycles. The predicted molar refractivity (Wildman–Crippen MR) is 118 cm³/mol. The van der Waals surface area contributed by atoms with Gasteiger partial charge in [0, 0.05) is 18.2 Å². The summed E-state index contributed by atoms with van der Waals surface area (Å²) in [6.45, 7) is 4.86. The minimum Gasteiger partial charge on any atom is -0.360 e. The number of nitrogens with one attached hydrogen (secondary N) is 1. The van der Waals surface area contributed by atoms with Gasteiger partial charge in [-0.2, -0.15) is 0 Å². The van der Waals surface area contributed by atoms with Gasteiger partial charge in [-0.05, 0) is 38.4 Å². The number of carbonyl (C=O) groups excluding carboxylic acids is 1. The van der Waals surface area contributed by atoms with E-state index in [2.05, 4.69) is 46.6 Å². The van der Waals surface area contributed by atoms with Crippen LogP contribution in [-0.2, 0) is 11.2 Å². The highest BCUT2D eigenvalue weighted by Crippen LogP contribution is 2.25. The minimum atomic E-state index is -0.0418. The van der Waals surface area contributed by atoms with Crippen molar-refractivity contribution in [1.82, 2.24) is 15.4 Å². The molecule has 5 heteroatoms. The molecule has 0 spiro atoms. The minimum absolute atomic E-state index is 0.0418. The maximum absolute atomic E-state index is 12.6. The quantitative estimate of drug-likeness (QED) is 0.629. The van der Waals surface area contributed by atoms with Crippen LogP contribution in [0.15, 0.2) is 65.2 Å². The molecule has 30 heavy (non-hydrogen) atoms. The van der Waals surface area contributed by atoms with E-state index in [-0.39, 0.29) is 18.4 Å². The number of carbonyl (C=O) groups is 1. The highest BCUT2D eigenvalue weighted by molar-refractivity contribution is 5.78. The van der Waals surface area contributed by atoms with Crippen molar-refractivity contribution in [3.8, 4) is 11.3 Å². The van der Waals surface area contributed by atoms with Crippen LogP contribution in [-0.4, -0.2) is 35.6 Å². The summed E-state index contributed by atoms with van der Waals surface area (Å²) < 4.78 is 5.39. The largest absolute Gasteiger partial charge is 0.360 e. The maximum Gasteiger partial charge on any atom is 0.227 e. The fourth-order valence-corrected chi connectivity index (χ4v) is 4.05. The second-order valence-corrected chi connectivity index (χ2v) is 8.05. The molecule has 0 saturated carbocycles. The summed E-state index contributed by atoms with van der Waals surface area (Å²) >= 11 is 0. The molecule has 2 heterocycles. The van der Waals surface area contributed by atoms with Gasteiger partial charge in [-0.15, -0.1) is 0 Å². The van der Waals surface area contributed by atoms with Crippen molar-refractivity contribution in [3.63, 3.8) is 0 Å². The third-order valence-electron chi connectivity index (χ3n) is 5.75. The Morgan fingerprint density at radius 1 is 1.07 bits per heavy atom. The Hall–Kier alpha value is -2.92. The van der Waals surface area contributed by atoms with E-state index in [1.165, 1.54) is 30.4 Å². The Morgan fingerprint density at radius 3 is 2.53 bits per heavy atom. The van der Waals surface area contributed by atoms with Crippen molar-refractivity contribution in [2.75, 3.05) is 19.6 Å². The molecule has 5 nitrogen and oxygen atoms in total. The Labute approximate surface area is 178 Å². The molecule has 1 aliphatic rings. The number of hydrogen-bond acceptors (Lipinski definition) is 4. The molecule has 1 amide bonds. The van der Waals surface area contributed by atoms with Crippen molar-refractivity contribution in [3.05, 3.63) is 77.6 Å². The average Bonchev–Trinajstić information content (AvgIpc) is 3.25. The summed E-state index contributed by atoms with van der Waals surface area (Å²) in [7, 11) is 0. The molecule has 2 aromatic carbocycles. The van der Waals surface area contributed by atoms with Crippen molar-refractivity contribution in [2.45, 2.75) is 38.6 Å². The van der Waals surface area contributed by atoms with Gasteiger partial charge in [0.2, 0.25) is 5.91 Å². The zero-order valence-electron chi connectivity index (χ0n) is 17.5. The molecular formula is C25H29N3O2. The van der Waals surface area contributed by atoms with Gasteiger partial charge in [-0.25, -0.2) is 0 Å². The highest BCUT2D eigenvalue weighted by Gasteiger charge is 2.23. The van der Waals surface area contributed by atoms with Gasteiger partial charge in [0.15, 0.2) is 0 Å². The van der Waals surface area contributed by atoms with Crippen LogP contribution in [0.2, 0.25) is 0 Å². The second kappa shape index (κ2) is 9.72. The molecule has 0 radical (unpaired) electrons. The Morgan fingerprint density at radius 2 is 1.80 bits per heavy atom. The fourth-order valence-electron chi connectivity index (χ4n) is 4.05. The van der Waals surface area contributed by atoms with E-state index in [1.807, 2.05) is 36.4 Å². The third kappa shape index (κ3) is 5.16. The summed E-state index contributed by atoms with van der Waals surface area (Å²) in [5.74, 6) is 0.538. The van der Waals surface area contributed by atoms with Crippen LogP contribution in [0, 0.1) is 6.92 Å². The molecular weight excluding hydrogens is 374 g/mol. The topological polar surface area (TPSA) is 58.4 Å². The second-order valence-electron chi connectivity index (χ2n) is 8.05. The van der Waals surface area contributed by atoms with E-state index >= 15 is 0 Å². The van der Waals surface area contributed by atoms with Crippen LogP contribution in [0.5, 0.6) is 0 Å². The van der Waals surface area contributed by atoms with Gasteiger partial charge in [-0.1, -0.05) is 71.7 Å². The first kappa shape index (κ1) is 20.4. The van der Waals surface area contributed by atoms with Crippen LogP contribution in [0.4, 0.5) is 0 Å². The maximum atomic E-state index is 12.6. The monoisotopic (exact) mass is 403 g/mol. The van der Waals surface area contributed by atoms with E-state index in [9.17, 15) is 4.79 Å². The normalized spacial score (nSPS) is 15.6. The van der Waals surface area contributed by atoms with Crippen molar-refractivity contribution in [2.24, 2.45) is 0 Å². The van der Waals surface area contributed by atoms with Gasteiger partial charge in [0.05, 0.1) is 12.5 Å². The number of rotatable bonds is 7. The molecule has 0 bridgehead atoms. The smallest absolute Gasteiger partial charge is 0.227 e. The molecule has 1 fully saturated rings. The zero-order valence-corrected chi connectivity index (χ0v) is 17.5. The summed E-state index contributed by atoms with van der Waals surface area (Å²) in [5.41, 5.74) is 4.25. The summed E-state index contributed by atoms with van der Waals surface area (Å²) in [4.78, 5) is 15.1. The number of likely N-dealkylation sites (tertiary alicyclic amines) is 1.